The van der Waals surface area contributed by atoms with Crippen molar-refractivity contribution in [3.05, 3.63) is 0 Å². The highest BCUT2D eigenvalue weighted by Crippen LogP contribution is 2.07. The molecule has 0 aromatic rings. The molecule has 1 rings (SSSR count). The van der Waals surface area contributed by atoms with Crippen molar-refractivity contribution in [2.24, 2.45) is 0 Å². The third-order valence-electron chi connectivity index (χ3n) is 2.31. The molecular formula is C8H16N2O. The maximum atomic E-state index is 10.9. The van der Waals surface area contributed by atoms with E-state index in [1.807, 2.05) is 7.05 Å². The predicted molar refractivity (Wildman–Crippen MR) is 44.6 cm³/mol. The summed E-state index contributed by atoms with van der Waals surface area (Å²) >= 11 is 0. The van der Waals surface area contributed by atoms with E-state index in [0.717, 1.165) is 19.4 Å². The molecule has 0 radical (unpaired) electrons. The first-order valence-corrected chi connectivity index (χ1v) is 4.15. The van der Waals surface area contributed by atoms with Crippen molar-refractivity contribution in [2.45, 2.75) is 31.8 Å². The number of hydrogen-bond acceptors (Lipinski definition) is 3. The molecule has 3 nitrogen and oxygen atoms in total. The number of piperidine rings is 1. The summed E-state index contributed by atoms with van der Waals surface area (Å²) in [6, 6.07) is 0.658. The van der Waals surface area contributed by atoms with E-state index in [1.165, 1.54) is 0 Å². The smallest absolute Gasteiger partial charge is 0.146 e. The number of nitrogens with one attached hydrogen (secondary N) is 2. The Kier molecular flexibility index (Phi) is 3.02. The van der Waals surface area contributed by atoms with Crippen LogP contribution < -0.4 is 10.6 Å². The van der Waals surface area contributed by atoms with Gasteiger partial charge >= 0.3 is 0 Å². The Morgan fingerprint density at radius 1 is 1.55 bits per heavy atom. The van der Waals surface area contributed by atoms with E-state index in [0.29, 0.717) is 6.04 Å². The van der Waals surface area contributed by atoms with Crippen LogP contribution in [0.15, 0.2) is 0 Å². The molecule has 0 unspecified atom stereocenters. The lowest BCUT2D eigenvalue weighted by Gasteiger charge is -2.27. The van der Waals surface area contributed by atoms with Gasteiger partial charge in [0.2, 0.25) is 0 Å². The Morgan fingerprint density at radius 3 is 2.64 bits per heavy atom. The minimum absolute atomic E-state index is 0.111. The van der Waals surface area contributed by atoms with Crippen LogP contribution in [0.3, 0.4) is 0 Å². The van der Waals surface area contributed by atoms with Gasteiger partial charge in [-0.25, -0.2) is 0 Å². The van der Waals surface area contributed by atoms with Crippen molar-refractivity contribution in [2.75, 3.05) is 13.6 Å². The van der Waals surface area contributed by atoms with Gasteiger partial charge in [0.1, 0.15) is 5.78 Å². The highest BCUT2D eigenvalue weighted by molar-refractivity contribution is 5.81. The molecule has 0 aromatic heterocycles. The highest BCUT2D eigenvalue weighted by Gasteiger charge is 2.21. The molecule has 0 saturated carbocycles. The molecule has 1 heterocycles. The van der Waals surface area contributed by atoms with Crippen molar-refractivity contribution in [3.8, 4) is 0 Å². The summed E-state index contributed by atoms with van der Waals surface area (Å²) in [7, 11) is 1.96. The predicted octanol–water partition coefficient (Wildman–Crippen LogP) is -0.0846. The number of Topliss-reactive ketones (excluding diaryl/α,β-unsaturated/α-hetero) is 1. The van der Waals surface area contributed by atoms with E-state index in [2.05, 4.69) is 10.6 Å². The number of carbonyl (C=O) groups is 1. The zero-order valence-corrected chi connectivity index (χ0v) is 7.18. The van der Waals surface area contributed by atoms with Gasteiger partial charge < -0.3 is 10.6 Å². The number of ketones is 1. The minimum atomic E-state index is 0.111. The number of hydrogen-bond donors (Lipinski definition) is 2. The zero-order chi connectivity index (χ0) is 8.27. The van der Waals surface area contributed by atoms with E-state index in [9.17, 15) is 4.79 Å². The summed E-state index contributed by atoms with van der Waals surface area (Å²) in [5, 5.41) is 6.40. The van der Waals surface area contributed by atoms with Crippen LogP contribution in [-0.2, 0) is 4.79 Å². The fraction of sp³-hybridized carbons (Fsp3) is 0.875. The second-order valence-corrected chi connectivity index (χ2v) is 3.13. The van der Waals surface area contributed by atoms with Gasteiger partial charge in [-0.2, -0.15) is 0 Å². The SMILES string of the molecule is CN[C@@H]1CC[C@@H](C(C)=O)NC1. The van der Waals surface area contributed by atoms with Crippen LogP contribution in [-0.4, -0.2) is 31.5 Å². The largest absolute Gasteiger partial charge is 0.316 e. The molecule has 1 saturated heterocycles. The van der Waals surface area contributed by atoms with Crippen molar-refractivity contribution < 1.29 is 4.79 Å². The lowest BCUT2D eigenvalue weighted by Crippen LogP contribution is -2.49. The summed E-state index contributed by atoms with van der Waals surface area (Å²) in [5.74, 6) is 0.263. The van der Waals surface area contributed by atoms with Gasteiger partial charge in [0.05, 0.1) is 6.04 Å². The van der Waals surface area contributed by atoms with E-state index in [4.69, 9.17) is 0 Å². The zero-order valence-electron chi connectivity index (χ0n) is 7.18. The molecule has 0 bridgehead atoms. The second kappa shape index (κ2) is 3.83. The maximum Gasteiger partial charge on any atom is 0.146 e. The van der Waals surface area contributed by atoms with Crippen LogP contribution in [0.2, 0.25) is 0 Å². The monoisotopic (exact) mass is 156 g/mol. The molecule has 0 aliphatic carbocycles. The quantitative estimate of drug-likeness (QED) is 0.587. The van der Waals surface area contributed by atoms with Gasteiger partial charge in [0, 0.05) is 12.6 Å². The maximum absolute atomic E-state index is 10.9. The standard InChI is InChI=1S/C8H16N2O/c1-6(11)8-4-3-7(9-2)5-10-8/h7-10H,3-5H2,1-2H3/t7-,8+/m1/s1. The first-order valence-electron chi connectivity index (χ1n) is 4.15. The van der Waals surface area contributed by atoms with Crippen molar-refractivity contribution in [1.82, 2.24) is 10.6 Å². The first kappa shape index (κ1) is 8.68. The third-order valence-corrected chi connectivity index (χ3v) is 2.31. The molecule has 3 heteroatoms. The summed E-state index contributed by atoms with van der Waals surface area (Å²) in [6.07, 6.45) is 2.08. The Morgan fingerprint density at radius 2 is 2.27 bits per heavy atom. The Balaban J connectivity index is 2.30. The summed E-state index contributed by atoms with van der Waals surface area (Å²) < 4.78 is 0. The van der Waals surface area contributed by atoms with Gasteiger partial charge in [0.25, 0.3) is 0 Å². The average molecular weight is 156 g/mol. The Bertz CT molecular complexity index is 139. The van der Waals surface area contributed by atoms with E-state index >= 15 is 0 Å². The number of rotatable bonds is 2. The molecule has 64 valence electrons. The fourth-order valence-corrected chi connectivity index (χ4v) is 1.45. The Hall–Kier alpha value is -0.410. The molecule has 2 atom stereocenters. The third kappa shape index (κ3) is 2.27. The lowest BCUT2D eigenvalue weighted by molar-refractivity contribution is -0.119. The van der Waals surface area contributed by atoms with E-state index < -0.39 is 0 Å². The number of carbonyl (C=O) groups excluding carboxylic acids is 1. The average Bonchev–Trinajstić information content (AvgIpc) is 2.05. The van der Waals surface area contributed by atoms with Crippen LogP contribution in [0, 0.1) is 0 Å². The molecule has 11 heavy (non-hydrogen) atoms. The van der Waals surface area contributed by atoms with Crippen LogP contribution in [0.4, 0.5) is 0 Å². The molecule has 0 amide bonds. The van der Waals surface area contributed by atoms with Crippen molar-refractivity contribution in [3.63, 3.8) is 0 Å². The lowest BCUT2D eigenvalue weighted by atomic mass is 9.99. The van der Waals surface area contributed by atoms with Crippen LogP contribution in [0.25, 0.3) is 0 Å². The van der Waals surface area contributed by atoms with Crippen LogP contribution in [0.1, 0.15) is 19.8 Å². The topological polar surface area (TPSA) is 41.1 Å². The van der Waals surface area contributed by atoms with Gasteiger partial charge in [-0.1, -0.05) is 0 Å². The van der Waals surface area contributed by atoms with E-state index in [1.54, 1.807) is 6.92 Å². The molecule has 2 N–H and O–H groups in total. The summed E-state index contributed by atoms with van der Waals surface area (Å²) in [5.41, 5.74) is 0. The van der Waals surface area contributed by atoms with Gasteiger partial charge in [-0.15, -0.1) is 0 Å². The fourth-order valence-electron chi connectivity index (χ4n) is 1.45. The molecule has 1 fully saturated rings. The summed E-state index contributed by atoms with van der Waals surface area (Å²) in [4.78, 5) is 10.9. The molecule has 0 aromatic carbocycles. The normalized spacial score (nSPS) is 31.8. The van der Waals surface area contributed by atoms with Gasteiger partial charge in [-0.05, 0) is 26.8 Å². The van der Waals surface area contributed by atoms with Crippen molar-refractivity contribution in [1.29, 1.82) is 0 Å². The van der Waals surface area contributed by atoms with Gasteiger partial charge in [0.15, 0.2) is 0 Å². The van der Waals surface area contributed by atoms with E-state index in [-0.39, 0.29) is 11.8 Å². The molecule has 1 aliphatic rings. The molecule has 1 aliphatic heterocycles. The molecule has 0 spiro atoms. The molecular weight excluding hydrogens is 140 g/mol. The highest BCUT2D eigenvalue weighted by atomic mass is 16.1. The number of likely N-dealkylation sites (N-methyl/N-ethyl adjacent to an activating group) is 1. The second-order valence-electron chi connectivity index (χ2n) is 3.13. The van der Waals surface area contributed by atoms with Crippen molar-refractivity contribution >= 4 is 5.78 Å². The van der Waals surface area contributed by atoms with Gasteiger partial charge in [-0.3, -0.25) is 4.79 Å². The van der Waals surface area contributed by atoms with Crippen LogP contribution >= 0.6 is 0 Å². The van der Waals surface area contributed by atoms with Crippen LogP contribution in [0.5, 0.6) is 0 Å². The first-order chi connectivity index (χ1) is 5.24. The summed E-state index contributed by atoms with van der Waals surface area (Å²) in [6.45, 7) is 2.57. The minimum Gasteiger partial charge on any atom is -0.316 e. The Labute approximate surface area is 67.5 Å².